The highest BCUT2D eigenvalue weighted by Crippen LogP contribution is 2.34. The van der Waals surface area contributed by atoms with Gasteiger partial charge in [-0.1, -0.05) is 24.3 Å². The van der Waals surface area contributed by atoms with Crippen LogP contribution in [0.4, 0.5) is 0 Å². The molecule has 1 aromatic carbocycles. The van der Waals surface area contributed by atoms with E-state index in [0.717, 1.165) is 24.0 Å². The fraction of sp³-hybridized carbons (Fsp3) is 0.444. The van der Waals surface area contributed by atoms with Gasteiger partial charge in [-0.15, -0.1) is 12.4 Å². The lowest BCUT2D eigenvalue weighted by molar-refractivity contribution is -0.130. The second-order valence-electron chi connectivity index (χ2n) is 6.34. The highest BCUT2D eigenvalue weighted by atomic mass is 35.5. The summed E-state index contributed by atoms with van der Waals surface area (Å²) < 4.78 is 0. The molecule has 1 aromatic rings. The Kier molecular flexibility index (Phi) is 6.02. The van der Waals surface area contributed by atoms with E-state index >= 15 is 0 Å². The number of fused-ring (bicyclic) bond motifs is 1. The normalized spacial score (nSPS) is 19.9. The number of nitrogens with one attached hydrogen (secondary N) is 1. The summed E-state index contributed by atoms with van der Waals surface area (Å²) >= 11 is 0. The monoisotopic (exact) mass is 349 g/mol. The molecule has 2 amide bonds. The van der Waals surface area contributed by atoms with Gasteiger partial charge in [0.1, 0.15) is 0 Å². The summed E-state index contributed by atoms with van der Waals surface area (Å²) in [7, 11) is 0. The van der Waals surface area contributed by atoms with Crippen LogP contribution in [0.2, 0.25) is 0 Å². The maximum absolute atomic E-state index is 12.5. The molecule has 3 N–H and O–H groups in total. The molecule has 1 heterocycles. The maximum atomic E-state index is 12.5. The summed E-state index contributed by atoms with van der Waals surface area (Å²) in [5, 5.41) is 3.04. The molecule has 0 radical (unpaired) electrons. The van der Waals surface area contributed by atoms with E-state index in [1.54, 1.807) is 11.1 Å². The van der Waals surface area contributed by atoms with Gasteiger partial charge in [0, 0.05) is 25.7 Å². The van der Waals surface area contributed by atoms with E-state index in [2.05, 4.69) is 5.32 Å². The zero-order chi connectivity index (χ0) is 16.4. The Morgan fingerprint density at radius 1 is 1.33 bits per heavy atom. The van der Waals surface area contributed by atoms with Gasteiger partial charge < -0.3 is 16.0 Å². The predicted molar refractivity (Wildman–Crippen MR) is 96.3 cm³/mol. The van der Waals surface area contributed by atoms with Gasteiger partial charge in [0.05, 0.1) is 12.5 Å². The second kappa shape index (κ2) is 7.81. The van der Waals surface area contributed by atoms with Crippen molar-refractivity contribution in [1.82, 2.24) is 10.2 Å². The molecule has 2 atom stereocenters. The minimum atomic E-state index is -0.258. The Balaban J connectivity index is 0.00000208. The van der Waals surface area contributed by atoms with Gasteiger partial charge >= 0.3 is 0 Å². The summed E-state index contributed by atoms with van der Waals surface area (Å²) in [5.74, 6) is 0.409. The van der Waals surface area contributed by atoms with Crippen LogP contribution in [0.25, 0.3) is 6.08 Å². The number of nitrogens with two attached hydrogens (primary N) is 1. The molecule has 1 saturated carbocycles. The highest BCUT2D eigenvalue weighted by Gasteiger charge is 2.33. The molecule has 0 spiro atoms. The maximum Gasteiger partial charge on any atom is 0.223 e. The molecular formula is C18H24ClN3O2. The van der Waals surface area contributed by atoms with Gasteiger partial charge in [0.2, 0.25) is 11.8 Å². The van der Waals surface area contributed by atoms with Gasteiger partial charge in [-0.2, -0.15) is 0 Å². The Morgan fingerprint density at radius 3 is 2.67 bits per heavy atom. The van der Waals surface area contributed by atoms with Crippen molar-refractivity contribution in [2.75, 3.05) is 6.54 Å². The minimum Gasteiger partial charge on any atom is -0.352 e. The zero-order valence-corrected chi connectivity index (χ0v) is 14.6. The summed E-state index contributed by atoms with van der Waals surface area (Å²) in [6.07, 6.45) is 6.21. The minimum absolute atomic E-state index is 0. The van der Waals surface area contributed by atoms with E-state index in [1.165, 1.54) is 6.92 Å². The molecule has 130 valence electrons. The van der Waals surface area contributed by atoms with Crippen LogP contribution in [0.1, 0.15) is 43.4 Å². The third-order valence-corrected chi connectivity index (χ3v) is 4.64. The zero-order valence-electron chi connectivity index (χ0n) is 13.8. The molecule has 6 heteroatoms. The number of carbonyl (C=O) groups is 2. The number of hydrogen-bond acceptors (Lipinski definition) is 3. The molecule has 0 saturated heterocycles. The summed E-state index contributed by atoms with van der Waals surface area (Å²) in [4.78, 5) is 26.0. The lowest BCUT2D eigenvalue weighted by Gasteiger charge is -2.32. The van der Waals surface area contributed by atoms with Gasteiger partial charge in [-0.3, -0.25) is 9.59 Å². The number of benzene rings is 1. The van der Waals surface area contributed by atoms with Crippen molar-refractivity contribution in [2.24, 2.45) is 11.7 Å². The van der Waals surface area contributed by atoms with Crippen molar-refractivity contribution < 1.29 is 9.59 Å². The largest absolute Gasteiger partial charge is 0.352 e. The number of amides is 2. The molecule has 2 unspecified atom stereocenters. The van der Waals surface area contributed by atoms with Gasteiger partial charge in [-0.05, 0) is 36.0 Å². The average molecular weight is 350 g/mol. The Morgan fingerprint density at radius 2 is 2.04 bits per heavy atom. The third kappa shape index (κ3) is 3.97. The van der Waals surface area contributed by atoms with Crippen LogP contribution in [0.15, 0.2) is 30.5 Å². The molecule has 5 nitrogen and oxygen atoms in total. The SMILES string of the molecule is CC(=O)N1C=Cc2ccccc2C1CC(=O)NC(CN)C1CC1.Cl. The lowest BCUT2D eigenvalue weighted by Crippen LogP contribution is -2.43. The van der Waals surface area contributed by atoms with Crippen LogP contribution in [0, 0.1) is 5.92 Å². The summed E-state index contributed by atoms with van der Waals surface area (Å²) in [5.41, 5.74) is 7.82. The molecule has 24 heavy (non-hydrogen) atoms. The van der Waals surface area contributed by atoms with Gasteiger partial charge in [0.25, 0.3) is 0 Å². The predicted octanol–water partition coefficient (Wildman–Crippen LogP) is 2.23. The van der Waals surface area contributed by atoms with Crippen LogP contribution >= 0.6 is 12.4 Å². The van der Waals surface area contributed by atoms with Gasteiger partial charge in [-0.25, -0.2) is 0 Å². The van der Waals surface area contributed by atoms with Crippen molar-refractivity contribution in [3.8, 4) is 0 Å². The van der Waals surface area contributed by atoms with Crippen LogP contribution in [0.3, 0.4) is 0 Å². The van der Waals surface area contributed by atoms with Crippen LogP contribution < -0.4 is 11.1 Å². The first-order valence-electron chi connectivity index (χ1n) is 8.15. The molecule has 1 aliphatic heterocycles. The van der Waals surface area contributed by atoms with E-state index in [0.29, 0.717) is 12.5 Å². The van der Waals surface area contributed by atoms with E-state index < -0.39 is 0 Å². The van der Waals surface area contributed by atoms with E-state index in [1.807, 2.05) is 30.3 Å². The first-order chi connectivity index (χ1) is 11.1. The average Bonchev–Trinajstić information content (AvgIpc) is 3.37. The van der Waals surface area contributed by atoms with Crippen molar-refractivity contribution >= 4 is 30.3 Å². The standard InChI is InChI=1S/C18H23N3O2.ClH/c1-12(22)21-9-8-13-4-2-3-5-15(13)17(21)10-18(23)20-16(11-19)14-6-7-14;/h2-5,8-9,14,16-17H,6-7,10-11,19H2,1H3,(H,20,23);1H. The molecular weight excluding hydrogens is 326 g/mol. The topological polar surface area (TPSA) is 75.4 Å². The van der Waals surface area contributed by atoms with Crippen LogP contribution in [-0.4, -0.2) is 29.3 Å². The molecule has 1 fully saturated rings. The van der Waals surface area contributed by atoms with Gasteiger partial charge in [0.15, 0.2) is 0 Å². The molecule has 2 aliphatic rings. The van der Waals surface area contributed by atoms with Crippen molar-refractivity contribution in [3.63, 3.8) is 0 Å². The number of rotatable bonds is 5. The number of hydrogen-bond donors (Lipinski definition) is 2. The van der Waals surface area contributed by atoms with Crippen molar-refractivity contribution in [1.29, 1.82) is 0 Å². The first-order valence-corrected chi connectivity index (χ1v) is 8.15. The molecule has 3 rings (SSSR count). The molecule has 0 aromatic heterocycles. The fourth-order valence-corrected chi connectivity index (χ4v) is 3.22. The van der Waals surface area contributed by atoms with Crippen LogP contribution in [0.5, 0.6) is 0 Å². The van der Waals surface area contributed by atoms with Crippen molar-refractivity contribution in [2.45, 2.75) is 38.3 Å². The molecule has 0 bridgehead atoms. The van der Waals surface area contributed by atoms with Crippen molar-refractivity contribution in [3.05, 3.63) is 41.6 Å². The Hall–Kier alpha value is -1.85. The van der Waals surface area contributed by atoms with Crippen LogP contribution in [-0.2, 0) is 9.59 Å². The molecule has 1 aliphatic carbocycles. The summed E-state index contributed by atoms with van der Waals surface area (Å²) in [6.45, 7) is 1.99. The Bertz CT molecular complexity index is 643. The third-order valence-electron chi connectivity index (χ3n) is 4.64. The number of halogens is 1. The summed E-state index contributed by atoms with van der Waals surface area (Å²) in [6, 6.07) is 7.68. The lowest BCUT2D eigenvalue weighted by atomic mass is 9.93. The fourth-order valence-electron chi connectivity index (χ4n) is 3.22. The first kappa shape index (κ1) is 18.5. The van der Waals surface area contributed by atoms with E-state index in [9.17, 15) is 9.59 Å². The Labute approximate surface area is 148 Å². The smallest absolute Gasteiger partial charge is 0.223 e. The number of nitrogens with zero attached hydrogens (tertiary/aromatic N) is 1. The van der Waals surface area contributed by atoms with E-state index in [4.69, 9.17) is 5.73 Å². The number of carbonyl (C=O) groups excluding carboxylic acids is 2. The van der Waals surface area contributed by atoms with E-state index in [-0.39, 0.29) is 42.7 Å². The second-order valence-corrected chi connectivity index (χ2v) is 6.34. The quantitative estimate of drug-likeness (QED) is 0.855. The highest BCUT2D eigenvalue weighted by molar-refractivity contribution is 5.85.